The first-order chi connectivity index (χ1) is 9.02. The van der Waals surface area contributed by atoms with Crippen molar-refractivity contribution in [3.05, 3.63) is 0 Å². The van der Waals surface area contributed by atoms with Gasteiger partial charge < -0.3 is 25.0 Å². The van der Waals surface area contributed by atoms with E-state index in [2.05, 4.69) is 4.90 Å². The Kier molecular flexibility index (Phi) is 6.75. The van der Waals surface area contributed by atoms with Gasteiger partial charge in [0.05, 0.1) is 32.3 Å². The zero-order chi connectivity index (χ0) is 14.3. The Morgan fingerprint density at radius 3 is 2.84 bits per heavy atom. The molecule has 7 nitrogen and oxygen atoms in total. The molecular formula is C12H23N3O4. The standard InChI is InChI=1S/C12H23N3O4/c1-14-4-6-19-10(7-14)8-15(9-11(13)16)12(17)3-5-18-2/h10H,3-9H2,1-2H3,(H2,13,16)/t10-/m0/s1. The van der Waals surface area contributed by atoms with Gasteiger partial charge in [-0.05, 0) is 7.05 Å². The molecule has 110 valence electrons. The highest BCUT2D eigenvalue weighted by Gasteiger charge is 2.24. The molecule has 0 aromatic carbocycles. The van der Waals surface area contributed by atoms with E-state index in [1.165, 1.54) is 12.0 Å². The predicted octanol–water partition coefficient (Wildman–Crippen LogP) is -1.33. The summed E-state index contributed by atoms with van der Waals surface area (Å²) in [5, 5.41) is 0. The summed E-state index contributed by atoms with van der Waals surface area (Å²) in [6.45, 7) is 2.90. The van der Waals surface area contributed by atoms with E-state index in [-0.39, 0.29) is 25.0 Å². The molecule has 1 aliphatic heterocycles. The Morgan fingerprint density at radius 2 is 2.26 bits per heavy atom. The van der Waals surface area contributed by atoms with Crippen molar-refractivity contribution in [2.45, 2.75) is 12.5 Å². The normalized spacial score (nSPS) is 20.2. The van der Waals surface area contributed by atoms with Crippen molar-refractivity contribution in [3.63, 3.8) is 0 Å². The number of likely N-dealkylation sites (N-methyl/N-ethyl adjacent to an activating group) is 1. The topological polar surface area (TPSA) is 85.1 Å². The number of amides is 2. The van der Waals surface area contributed by atoms with E-state index in [0.29, 0.717) is 19.8 Å². The van der Waals surface area contributed by atoms with Crippen molar-refractivity contribution in [2.75, 3.05) is 53.6 Å². The van der Waals surface area contributed by atoms with Crippen molar-refractivity contribution in [3.8, 4) is 0 Å². The number of morpholine rings is 1. The molecule has 0 unspecified atom stereocenters. The van der Waals surface area contributed by atoms with Gasteiger partial charge in [0.1, 0.15) is 0 Å². The Morgan fingerprint density at radius 1 is 1.53 bits per heavy atom. The summed E-state index contributed by atoms with van der Waals surface area (Å²) in [6.07, 6.45) is 0.163. The molecule has 1 rings (SSSR count). The zero-order valence-electron chi connectivity index (χ0n) is 11.6. The molecule has 1 saturated heterocycles. The smallest absolute Gasteiger partial charge is 0.237 e. The number of hydrogen-bond donors (Lipinski definition) is 1. The Bertz CT molecular complexity index is 311. The minimum atomic E-state index is -0.519. The van der Waals surface area contributed by atoms with Crippen molar-refractivity contribution < 1.29 is 19.1 Å². The van der Waals surface area contributed by atoms with Crippen LogP contribution in [0.4, 0.5) is 0 Å². The number of methoxy groups -OCH3 is 1. The maximum Gasteiger partial charge on any atom is 0.237 e. The SMILES string of the molecule is COCCC(=O)N(CC(N)=O)C[C@@H]1CN(C)CCO1. The largest absolute Gasteiger partial charge is 0.384 e. The molecule has 0 radical (unpaired) electrons. The molecule has 0 aliphatic carbocycles. The van der Waals surface area contributed by atoms with Gasteiger partial charge in [-0.3, -0.25) is 9.59 Å². The van der Waals surface area contributed by atoms with E-state index in [0.717, 1.165) is 13.1 Å². The average molecular weight is 273 g/mol. The summed E-state index contributed by atoms with van der Waals surface area (Å²) in [5.41, 5.74) is 5.18. The molecule has 1 atom stereocenters. The van der Waals surface area contributed by atoms with Crippen LogP contribution in [-0.2, 0) is 19.1 Å². The lowest BCUT2D eigenvalue weighted by molar-refractivity contribution is -0.139. The van der Waals surface area contributed by atoms with Gasteiger partial charge >= 0.3 is 0 Å². The van der Waals surface area contributed by atoms with Crippen LogP contribution >= 0.6 is 0 Å². The molecular weight excluding hydrogens is 250 g/mol. The van der Waals surface area contributed by atoms with Gasteiger partial charge in [-0.25, -0.2) is 0 Å². The molecule has 2 amide bonds. The minimum Gasteiger partial charge on any atom is -0.384 e. The molecule has 1 heterocycles. The van der Waals surface area contributed by atoms with Gasteiger partial charge in [-0.15, -0.1) is 0 Å². The third-order valence-electron chi connectivity index (χ3n) is 2.99. The third kappa shape index (κ3) is 6.00. The Hall–Kier alpha value is -1.18. The fourth-order valence-corrected chi connectivity index (χ4v) is 2.01. The minimum absolute atomic E-state index is 0.0773. The first-order valence-corrected chi connectivity index (χ1v) is 6.38. The molecule has 19 heavy (non-hydrogen) atoms. The Labute approximate surface area is 113 Å². The van der Waals surface area contributed by atoms with Crippen molar-refractivity contribution in [1.82, 2.24) is 9.80 Å². The maximum atomic E-state index is 12.0. The molecule has 0 saturated carbocycles. The third-order valence-corrected chi connectivity index (χ3v) is 2.99. The van der Waals surface area contributed by atoms with Crippen LogP contribution < -0.4 is 5.73 Å². The molecule has 1 fully saturated rings. The van der Waals surface area contributed by atoms with E-state index in [4.69, 9.17) is 15.2 Å². The molecule has 1 aliphatic rings. The van der Waals surface area contributed by atoms with Crippen molar-refractivity contribution in [1.29, 1.82) is 0 Å². The molecule has 0 spiro atoms. The van der Waals surface area contributed by atoms with Gasteiger partial charge in [0, 0.05) is 26.7 Å². The second-order valence-electron chi connectivity index (χ2n) is 4.74. The highest BCUT2D eigenvalue weighted by atomic mass is 16.5. The number of nitrogens with zero attached hydrogens (tertiary/aromatic N) is 2. The van der Waals surface area contributed by atoms with Gasteiger partial charge in [0.2, 0.25) is 11.8 Å². The lowest BCUT2D eigenvalue weighted by Gasteiger charge is -2.33. The summed E-state index contributed by atoms with van der Waals surface area (Å²) in [6, 6.07) is 0. The summed E-state index contributed by atoms with van der Waals surface area (Å²) < 4.78 is 10.5. The fraction of sp³-hybridized carbons (Fsp3) is 0.833. The van der Waals surface area contributed by atoms with Crippen LogP contribution in [0.1, 0.15) is 6.42 Å². The number of primary amides is 1. The maximum absolute atomic E-state index is 12.0. The average Bonchev–Trinajstić information content (AvgIpc) is 2.34. The second-order valence-corrected chi connectivity index (χ2v) is 4.74. The van der Waals surface area contributed by atoms with Crippen LogP contribution in [0.5, 0.6) is 0 Å². The van der Waals surface area contributed by atoms with Gasteiger partial charge in [-0.1, -0.05) is 0 Å². The quantitative estimate of drug-likeness (QED) is 0.621. The van der Waals surface area contributed by atoms with Crippen LogP contribution in [0.2, 0.25) is 0 Å². The van der Waals surface area contributed by atoms with Crippen LogP contribution in [0.3, 0.4) is 0 Å². The van der Waals surface area contributed by atoms with E-state index < -0.39 is 5.91 Å². The number of hydrogen-bond acceptors (Lipinski definition) is 5. The van der Waals surface area contributed by atoms with Crippen LogP contribution in [0.15, 0.2) is 0 Å². The lowest BCUT2D eigenvalue weighted by atomic mass is 10.2. The summed E-state index contributed by atoms with van der Waals surface area (Å²) in [7, 11) is 3.53. The number of carbonyl (C=O) groups excluding carboxylic acids is 2. The second kappa shape index (κ2) is 8.08. The van der Waals surface area contributed by atoms with Crippen molar-refractivity contribution >= 4 is 11.8 Å². The van der Waals surface area contributed by atoms with E-state index >= 15 is 0 Å². The number of ether oxygens (including phenoxy) is 2. The molecule has 0 aromatic rings. The van der Waals surface area contributed by atoms with Gasteiger partial charge in [-0.2, -0.15) is 0 Å². The van der Waals surface area contributed by atoms with Crippen LogP contribution in [0, 0.1) is 0 Å². The molecule has 2 N–H and O–H groups in total. The lowest BCUT2D eigenvalue weighted by Crippen LogP contribution is -2.49. The molecule has 0 aromatic heterocycles. The van der Waals surface area contributed by atoms with Crippen LogP contribution in [0.25, 0.3) is 0 Å². The zero-order valence-corrected chi connectivity index (χ0v) is 11.6. The Balaban J connectivity index is 2.52. The number of carbonyl (C=O) groups is 2. The number of nitrogens with two attached hydrogens (primary N) is 1. The summed E-state index contributed by atoms with van der Waals surface area (Å²) in [4.78, 5) is 26.6. The number of rotatable bonds is 7. The predicted molar refractivity (Wildman–Crippen MR) is 69.5 cm³/mol. The molecule has 0 bridgehead atoms. The summed E-state index contributed by atoms with van der Waals surface area (Å²) >= 11 is 0. The monoisotopic (exact) mass is 273 g/mol. The van der Waals surface area contributed by atoms with E-state index in [1.807, 2.05) is 7.05 Å². The first kappa shape index (κ1) is 15.9. The van der Waals surface area contributed by atoms with Gasteiger partial charge in [0.25, 0.3) is 0 Å². The highest BCUT2D eigenvalue weighted by Crippen LogP contribution is 2.06. The first-order valence-electron chi connectivity index (χ1n) is 6.38. The highest BCUT2D eigenvalue weighted by molar-refractivity contribution is 5.83. The molecule has 7 heteroatoms. The fourth-order valence-electron chi connectivity index (χ4n) is 2.01. The van der Waals surface area contributed by atoms with Gasteiger partial charge in [0.15, 0.2) is 0 Å². The van der Waals surface area contributed by atoms with E-state index in [9.17, 15) is 9.59 Å². The summed E-state index contributed by atoms with van der Waals surface area (Å²) in [5.74, 6) is -0.660. The van der Waals surface area contributed by atoms with Crippen LogP contribution in [-0.4, -0.2) is 81.3 Å². The van der Waals surface area contributed by atoms with E-state index in [1.54, 1.807) is 0 Å². The van der Waals surface area contributed by atoms with Crippen molar-refractivity contribution in [2.24, 2.45) is 5.73 Å².